The van der Waals surface area contributed by atoms with Crippen LogP contribution in [0.5, 0.6) is 0 Å². The first kappa shape index (κ1) is 25.9. The number of aromatic nitrogens is 2. The molecule has 0 fully saturated rings. The number of aryl methyl sites for hydroxylation is 2. The van der Waals surface area contributed by atoms with Crippen LogP contribution in [0.15, 0.2) is 29.1 Å². The van der Waals surface area contributed by atoms with Gasteiger partial charge in [-0.1, -0.05) is 12.1 Å². The number of benzene rings is 1. The SMILES string of the molecule is CCOC(=O)CC[C@H](NC(=O)c1ccc(CCC2CCc3nc(N)[nH]c(=O)c32)cc1)C(=O)OCC. The van der Waals surface area contributed by atoms with E-state index in [1.54, 1.807) is 26.0 Å². The van der Waals surface area contributed by atoms with E-state index < -0.39 is 23.9 Å². The van der Waals surface area contributed by atoms with Gasteiger partial charge in [-0.3, -0.25) is 19.4 Å². The normalized spacial score (nSPS) is 15.2. The van der Waals surface area contributed by atoms with Crippen LogP contribution in [0, 0.1) is 0 Å². The molecule has 0 saturated heterocycles. The minimum Gasteiger partial charge on any atom is -0.466 e. The van der Waals surface area contributed by atoms with Crippen molar-refractivity contribution in [2.75, 3.05) is 18.9 Å². The maximum atomic E-state index is 12.7. The summed E-state index contributed by atoms with van der Waals surface area (Å²) < 4.78 is 9.93. The summed E-state index contributed by atoms with van der Waals surface area (Å²) in [6, 6.07) is 6.14. The number of ether oxygens (including phenoxy) is 2. The van der Waals surface area contributed by atoms with Crippen LogP contribution >= 0.6 is 0 Å². The van der Waals surface area contributed by atoms with Crippen LogP contribution in [0.1, 0.15) is 72.6 Å². The quantitative estimate of drug-likeness (QED) is 0.409. The molecule has 1 aromatic carbocycles. The number of hydrogen-bond acceptors (Lipinski definition) is 8. The Kier molecular flexibility index (Phi) is 8.99. The molecule has 4 N–H and O–H groups in total. The predicted molar refractivity (Wildman–Crippen MR) is 129 cm³/mol. The molecule has 1 aliphatic rings. The van der Waals surface area contributed by atoms with Crippen molar-refractivity contribution in [2.24, 2.45) is 0 Å². The molecule has 0 aliphatic heterocycles. The number of nitrogen functional groups attached to an aromatic ring is 1. The molecular formula is C25H32N4O6. The highest BCUT2D eigenvalue weighted by Crippen LogP contribution is 2.33. The summed E-state index contributed by atoms with van der Waals surface area (Å²) in [5.74, 6) is -1.20. The molecule has 1 amide bonds. The van der Waals surface area contributed by atoms with E-state index in [0.29, 0.717) is 5.56 Å². The lowest BCUT2D eigenvalue weighted by Crippen LogP contribution is -2.42. The first-order chi connectivity index (χ1) is 16.8. The number of amides is 1. The zero-order valence-corrected chi connectivity index (χ0v) is 20.1. The molecule has 188 valence electrons. The number of anilines is 1. The fourth-order valence-electron chi connectivity index (χ4n) is 4.30. The van der Waals surface area contributed by atoms with Crippen molar-refractivity contribution in [1.82, 2.24) is 15.3 Å². The van der Waals surface area contributed by atoms with Crippen molar-refractivity contribution < 1.29 is 23.9 Å². The van der Waals surface area contributed by atoms with Gasteiger partial charge >= 0.3 is 11.9 Å². The molecule has 0 radical (unpaired) electrons. The van der Waals surface area contributed by atoms with E-state index in [2.05, 4.69) is 15.3 Å². The molecule has 1 heterocycles. The molecule has 3 rings (SSSR count). The Morgan fingerprint density at radius 2 is 1.89 bits per heavy atom. The summed E-state index contributed by atoms with van der Waals surface area (Å²) >= 11 is 0. The van der Waals surface area contributed by atoms with Crippen LogP contribution in [0.2, 0.25) is 0 Å². The molecule has 0 saturated carbocycles. The van der Waals surface area contributed by atoms with Crippen LogP contribution < -0.4 is 16.6 Å². The topological polar surface area (TPSA) is 153 Å². The minimum absolute atomic E-state index is 0.00815. The number of hydrogen-bond donors (Lipinski definition) is 3. The van der Waals surface area contributed by atoms with Crippen molar-refractivity contribution in [3.05, 3.63) is 57.0 Å². The average Bonchev–Trinajstić information content (AvgIpc) is 3.24. The second-order valence-corrected chi connectivity index (χ2v) is 8.40. The van der Waals surface area contributed by atoms with Crippen LogP contribution in [0.25, 0.3) is 0 Å². The smallest absolute Gasteiger partial charge is 0.328 e. The highest BCUT2D eigenvalue weighted by Gasteiger charge is 2.27. The van der Waals surface area contributed by atoms with Gasteiger partial charge in [0.1, 0.15) is 6.04 Å². The van der Waals surface area contributed by atoms with E-state index in [0.717, 1.165) is 42.5 Å². The fraction of sp³-hybridized carbons (Fsp3) is 0.480. The van der Waals surface area contributed by atoms with E-state index in [1.165, 1.54) is 0 Å². The Hall–Kier alpha value is -3.69. The maximum Gasteiger partial charge on any atom is 0.328 e. The second kappa shape index (κ2) is 12.1. The highest BCUT2D eigenvalue weighted by atomic mass is 16.5. The lowest BCUT2D eigenvalue weighted by Gasteiger charge is -2.17. The molecule has 0 spiro atoms. The van der Waals surface area contributed by atoms with Gasteiger partial charge in [0, 0.05) is 17.5 Å². The van der Waals surface area contributed by atoms with Gasteiger partial charge < -0.3 is 20.5 Å². The number of esters is 2. The van der Waals surface area contributed by atoms with Crippen molar-refractivity contribution in [1.29, 1.82) is 0 Å². The van der Waals surface area contributed by atoms with Crippen molar-refractivity contribution >= 4 is 23.8 Å². The highest BCUT2D eigenvalue weighted by molar-refractivity contribution is 5.96. The number of carbonyl (C=O) groups is 3. The average molecular weight is 485 g/mol. The summed E-state index contributed by atoms with van der Waals surface area (Å²) in [7, 11) is 0. The van der Waals surface area contributed by atoms with E-state index in [9.17, 15) is 19.2 Å². The molecular weight excluding hydrogens is 452 g/mol. The third kappa shape index (κ3) is 6.91. The third-order valence-corrected chi connectivity index (χ3v) is 6.01. The van der Waals surface area contributed by atoms with Gasteiger partial charge in [0.05, 0.1) is 18.9 Å². The largest absolute Gasteiger partial charge is 0.466 e. The van der Waals surface area contributed by atoms with E-state index in [1.807, 2.05) is 12.1 Å². The number of nitrogens with one attached hydrogen (secondary N) is 2. The summed E-state index contributed by atoms with van der Waals surface area (Å²) in [6.45, 7) is 3.79. The van der Waals surface area contributed by atoms with Crippen LogP contribution in [0.4, 0.5) is 5.95 Å². The van der Waals surface area contributed by atoms with Crippen LogP contribution in [-0.4, -0.2) is 47.1 Å². The van der Waals surface area contributed by atoms with Crippen molar-refractivity contribution in [3.63, 3.8) is 0 Å². The Morgan fingerprint density at radius 1 is 1.17 bits per heavy atom. The standard InChI is InChI=1S/C25H32N4O6/c1-3-34-20(30)14-13-19(24(33)35-4-2)27-22(31)17-9-6-15(7-10-17)5-8-16-11-12-18-21(16)23(32)29-25(26)28-18/h6-7,9-10,16,19H,3-5,8,11-14H2,1-2H3,(H,27,31)(H3,26,28,29,32)/t16?,19-/m0/s1. The Morgan fingerprint density at radius 3 is 2.57 bits per heavy atom. The number of carbonyl (C=O) groups excluding carboxylic acids is 3. The molecule has 35 heavy (non-hydrogen) atoms. The number of nitrogens with two attached hydrogens (primary N) is 1. The third-order valence-electron chi connectivity index (χ3n) is 6.01. The van der Waals surface area contributed by atoms with Crippen molar-refractivity contribution in [3.8, 4) is 0 Å². The lowest BCUT2D eigenvalue weighted by molar-refractivity contribution is -0.146. The molecule has 10 heteroatoms. The van der Waals surface area contributed by atoms with Gasteiger partial charge in [-0.2, -0.15) is 0 Å². The molecule has 1 aliphatic carbocycles. The molecule has 2 aromatic rings. The molecule has 1 unspecified atom stereocenters. The number of H-pyrrole nitrogens is 1. The summed E-state index contributed by atoms with van der Waals surface area (Å²) in [5.41, 5.74) is 8.40. The predicted octanol–water partition coefficient (Wildman–Crippen LogP) is 2.02. The van der Waals surface area contributed by atoms with Gasteiger partial charge in [0.15, 0.2) is 0 Å². The monoisotopic (exact) mass is 484 g/mol. The first-order valence-electron chi connectivity index (χ1n) is 11.9. The maximum absolute atomic E-state index is 12.7. The van der Waals surface area contributed by atoms with Gasteiger partial charge in [0.2, 0.25) is 5.95 Å². The van der Waals surface area contributed by atoms with E-state index in [-0.39, 0.29) is 43.5 Å². The zero-order chi connectivity index (χ0) is 25.4. The molecule has 0 bridgehead atoms. The summed E-state index contributed by atoms with van der Waals surface area (Å²) in [6.07, 6.45) is 3.20. The summed E-state index contributed by atoms with van der Waals surface area (Å²) in [5, 5.41) is 2.66. The van der Waals surface area contributed by atoms with Crippen LogP contribution in [-0.2, 0) is 31.9 Å². The lowest BCUT2D eigenvalue weighted by atomic mass is 9.95. The van der Waals surface area contributed by atoms with Gasteiger partial charge in [-0.05, 0) is 69.6 Å². The van der Waals surface area contributed by atoms with E-state index in [4.69, 9.17) is 15.2 Å². The van der Waals surface area contributed by atoms with E-state index >= 15 is 0 Å². The van der Waals surface area contributed by atoms with Crippen molar-refractivity contribution in [2.45, 2.75) is 64.3 Å². The molecule has 10 nitrogen and oxygen atoms in total. The van der Waals surface area contributed by atoms with Crippen LogP contribution in [0.3, 0.4) is 0 Å². The molecule has 2 atom stereocenters. The first-order valence-corrected chi connectivity index (χ1v) is 11.9. The number of fused-ring (bicyclic) bond motifs is 1. The fourth-order valence-corrected chi connectivity index (χ4v) is 4.30. The number of aromatic amines is 1. The second-order valence-electron chi connectivity index (χ2n) is 8.40. The Balaban J connectivity index is 1.58. The van der Waals surface area contributed by atoms with Gasteiger partial charge in [-0.25, -0.2) is 9.78 Å². The van der Waals surface area contributed by atoms with Gasteiger partial charge in [0.25, 0.3) is 11.5 Å². The Bertz CT molecular complexity index is 1110. The Labute approximate surface area is 203 Å². The number of nitrogens with zero attached hydrogens (tertiary/aromatic N) is 1. The number of rotatable bonds is 11. The van der Waals surface area contributed by atoms with Gasteiger partial charge in [-0.15, -0.1) is 0 Å². The zero-order valence-electron chi connectivity index (χ0n) is 20.1. The molecule has 1 aromatic heterocycles. The minimum atomic E-state index is -0.949. The summed E-state index contributed by atoms with van der Waals surface area (Å²) in [4.78, 5) is 55.8.